The summed E-state index contributed by atoms with van der Waals surface area (Å²) in [5, 5.41) is 6.60. The van der Waals surface area contributed by atoms with Gasteiger partial charge in [-0.25, -0.2) is 0 Å². The summed E-state index contributed by atoms with van der Waals surface area (Å²) < 4.78 is 76.1. The number of halogens is 6. The molecule has 0 fully saturated rings. The monoisotopic (exact) mass is 252 g/mol. The molecule has 0 spiro atoms. The minimum absolute atomic E-state index is 0.577. The summed E-state index contributed by atoms with van der Waals surface area (Å²) in [5.41, 5.74) is 4.62. The predicted molar refractivity (Wildman–Crippen MR) is 42.9 cm³/mol. The zero-order valence-corrected chi connectivity index (χ0v) is 8.12. The van der Waals surface area contributed by atoms with Crippen LogP contribution in [0.3, 0.4) is 0 Å². The highest BCUT2D eigenvalue weighted by Gasteiger charge is 2.44. The van der Waals surface area contributed by atoms with E-state index in [9.17, 15) is 26.3 Å². The van der Waals surface area contributed by atoms with Crippen LogP contribution in [0.2, 0.25) is 0 Å². The molecule has 96 valence electrons. The Morgan fingerprint density at radius 1 is 1.19 bits per heavy atom. The Morgan fingerprint density at radius 2 is 1.62 bits per heavy atom. The first-order chi connectivity index (χ1) is 6.96. The first-order valence-electron chi connectivity index (χ1n) is 4.05. The standard InChI is InChI=1S/C7H10F6N2O/c1-3(6(8,9)10)16-2-4(5(14)15)7(11,12)13/h3-4H,2H2,1H3,(H3,14,15). The quantitative estimate of drug-likeness (QED) is 0.457. The van der Waals surface area contributed by atoms with Gasteiger partial charge in [-0.15, -0.1) is 0 Å². The number of nitrogens with two attached hydrogens (primary N) is 1. The summed E-state index contributed by atoms with van der Waals surface area (Å²) in [7, 11) is 0. The maximum absolute atomic E-state index is 12.1. The van der Waals surface area contributed by atoms with Gasteiger partial charge in [-0.05, 0) is 6.92 Å². The van der Waals surface area contributed by atoms with Crippen LogP contribution in [0.25, 0.3) is 0 Å². The van der Waals surface area contributed by atoms with Gasteiger partial charge in [-0.1, -0.05) is 0 Å². The molecule has 0 aromatic heterocycles. The molecule has 0 aliphatic rings. The Bertz CT molecular complexity index is 248. The Balaban J connectivity index is 4.42. The molecule has 0 rings (SSSR count). The van der Waals surface area contributed by atoms with Gasteiger partial charge in [0.05, 0.1) is 6.61 Å². The molecule has 0 amide bonds. The van der Waals surface area contributed by atoms with Crippen molar-refractivity contribution in [1.29, 1.82) is 5.41 Å². The van der Waals surface area contributed by atoms with Crippen molar-refractivity contribution in [2.45, 2.75) is 25.4 Å². The van der Waals surface area contributed by atoms with Crippen molar-refractivity contribution in [3.05, 3.63) is 0 Å². The highest BCUT2D eigenvalue weighted by Crippen LogP contribution is 2.28. The normalized spacial score (nSPS) is 16.9. The molecule has 0 aromatic carbocycles. The SMILES string of the molecule is CC(OCC(C(=N)N)C(F)(F)F)C(F)(F)F. The van der Waals surface area contributed by atoms with Crippen molar-refractivity contribution in [2.75, 3.05) is 6.61 Å². The average Bonchev–Trinajstić information content (AvgIpc) is 1.98. The molecule has 0 bridgehead atoms. The van der Waals surface area contributed by atoms with E-state index in [1.807, 2.05) is 0 Å². The van der Waals surface area contributed by atoms with E-state index in [4.69, 9.17) is 5.41 Å². The Hall–Kier alpha value is -0.990. The summed E-state index contributed by atoms with van der Waals surface area (Å²) in [6.45, 7) is -0.743. The summed E-state index contributed by atoms with van der Waals surface area (Å²) in [6.07, 6.45) is -12.0. The van der Waals surface area contributed by atoms with Gasteiger partial charge < -0.3 is 10.5 Å². The molecule has 2 unspecified atom stereocenters. The zero-order chi connectivity index (χ0) is 13.1. The fourth-order valence-electron chi connectivity index (χ4n) is 0.696. The molecule has 0 aliphatic heterocycles. The summed E-state index contributed by atoms with van der Waals surface area (Å²) in [6, 6.07) is 0. The lowest BCUT2D eigenvalue weighted by Gasteiger charge is -2.22. The van der Waals surface area contributed by atoms with Crippen molar-refractivity contribution in [2.24, 2.45) is 11.7 Å². The van der Waals surface area contributed by atoms with Gasteiger partial charge in [0.1, 0.15) is 11.8 Å². The lowest BCUT2D eigenvalue weighted by Crippen LogP contribution is -2.41. The molecule has 0 aromatic rings. The minimum Gasteiger partial charge on any atom is -0.387 e. The van der Waals surface area contributed by atoms with Gasteiger partial charge >= 0.3 is 12.4 Å². The summed E-state index contributed by atoms with van der Waals surface area (Å²) >= 11 is 0. The van der Waals surface area contributed by atoms with E-state index in [1.54, 1.807) is 0 Å². The van der Waals surface area contributed by atoms with E-state index < -0.39 is 36.8 Å². The third-order valence-electron chi connectivity index (χ3n) is 1.74. The van der Waals surface area contributed by atoms with Crippen LogP contribution in [-0.2, 0) is 4.74 Å². The number of alkyl halides is 6. The van der Waals surface area contributed by atoms with E-state index in [1.165, 1.54) is 0 Å². The first-order valence-corrected chi connectivity index (χ1v) is 4.05. The summed E-state index contributed by atoms with van der Waals surface area (Å²) in [5.74, 6) is -3.79. The molecular weight excluding hydrogens is 242 g/mol. The highest BCUT2D eigenvalue weighted by atomic mass is 19.4. The van der Waals surface area contributed by atoms with Crippen molar-refractivity contribution in [3.63, 3.8) is 0 Å². The number of hydrogen-bond donors (Lipinski definition) is 2. The van der Waals surface area contributed by atoms with Gasteiger partial charge in [0, 0.05) is 0 Å². The summed E-state index contributed by atoms with van der Waals surface area (Å²) in [4.78, 5) is 0. The van der Waals surface area contributed by atoms with Crippen molar-refractivity contribution in [3.8, 4) is 0 Å². The third-order valence-corrected chi connectivity index (χ3v) is 1.74. The van der Waals surface area contributed by atoms with Gasteiger partial charge in [0.15, 0.2) is 6.10 Å². The van der Waals surface area contributed by atoms with Crippen molar-refractivity contribution in [1.82, 2.24) is 0 Å². The van der Waals surface area contributed by atoms with Crippen LogP contribution in [0, 0.1) is 11.3 Å². The highest BCUT2D eigenvalue weighted by molar-refractivity contribution is 5.80. The third kappa shape index (κ3) is 4.69. The molecule has 0 saturated heterocycles. The number of ether oxygens (including phenoxy) is 1. The molecule has 3 N–H and O–H groups in total. The molecule has 2 atom stereocenters. The van der Waals surface area contributed by atoms with Crippen LogP contribution in [-0.4, -0.2) is 30.9 Å². The topological polar surface area (TPSA) is 59.1 Å². The van der Waals surface area contributed by atoms with Crippen molar-refractivity contribution >= 4 is 5.84 Å². The van der Waals surface area contributed by atoms with Gasteiger partial charge in [0.2, 0.25) is 0 Å². The Morgan fingerprint density at radius 3 is 1.88 bits per heavy atom. The van der Waals surface area contributed by atoms with Crippen LogP contribution in [0.15, 0.2) is 0 Å². The molecule has 0 aliphatic carbocycles. The second-order valence-electron chi connectivity index (χ2n) is 3.07. The van der Waals surface area contributed by atoms with Gasteiger partial charge in [-0.2, -0.15) is 26.3 Å². The molecule has 9 heteroatoms. The molecular formula is C7H10F6N2O. The number of hydrogen-bond acceptors (Lipinski definition) is 2. The average molecular weight is 252 g/mol. The molecule has 16 heavy (non-hydrogen) atoms. The van der Waals surface area contributed by atoms with E-state index in [2.05, 4.69) is 10.5 Å². The van der Waals surface area contributed by atoms with Crippen molar-refractivity contribution < 1.29 is 31.1 Å². The second-order valence-corrected chi connectivity index (χ2v) is 3.07. The molecule has 0 saturated carbocycles. The lowest BCUT2D eigenvalue weighted by molar-refractivity contribution is -0.230. The van der Waals surface area contributed by atoms with Crippen LogP contribution in [0.5, 0.6) is 0 Å². The molecule has 0 heterocycles. The van der Waals surface area contributed by atoms with Crippen LogP contribution in [0.1, 0.15) is 6.92 Å². The minimum atomic E-state index is -4.89. The number of nitrogens with one attached hydrogen (secondary N) is 1. The first kappa shape index (κ1) is 15.0. The van der Waals surface area contributed by atoms with E-state index >= 15 is 0 Å². The molecule has 0 radical (unpaired) electrons. The largest absolute Gasteiger partial charge is 0.414 e. The Kier molecular flexibility index (Phi) is 4.59. The van der Waals surface area contributed by atoms with Crippen LogP contribution in [0.4, 0.5) is 26.3 Å². The lowest BCUT2D eigenvalue weighted by atomic mass is 10.1. The van der Waals surface area contributed by atoms with Gasteiger partial charge in [-0.3, -0.25) is 5.41 Å². The van der Waals surface area contributed by atoms with E-state index in [-0.39, 0.29) is 0 Å². The fraction of sp³-hybridized carbons (Fsp3) is 0.857. The Labute approximate surface area is 87.1 Å². The van der Waals surface area contributed by atoms with Crippen LogP contribution >= 0.6 is 0 Å². The van der Waals surface area contributed by atoms with E-state index in [0.29, 0.717) is 6.92 Å². The smallest absolute Gasteiger partial charge is 0.387 e. The number of amidine groups is 1. The maximum Gasteiger partial charge on any atom is 0.414 e. The number of rotatable bonds is 4. The maximum atomic E-state index is 12.1. The predicted octanol–water partition coefficient (Wildman–Crippen LogP) is 2.07. The van der Waals surface area contributed by atoms with Crippen LogP contribution < -0.4 is 5.73 Å². The molecule has 3 nitrogen and oxygen atoms in total. The van der Waals surface area contributed by atoms with E-state index in [0.717, 1.165) is 0 Å². The second kappa shape index (κ2) is 4.89. The van der Waals surface area contributed by atoms with Gasteiger partial charge in [0.25, 0.3) is 0 Å². The zero-order valence-electron chi connectivity index (χ0n) is 8.12. The fourth-order valence-corrected chi connectivity index (χ4v) is 0.696.